The Morgan fingerprint density at radius 3 is 2.72 bits per heavy atom. The number of aliphatic imine (C=N–C) groups is 1. The molecule has 1 aromatic carbocycles. The second-order valence-electron chi connectivity index (χ2n) is 7.05. The molecule has 29 heavy (non-hydrogen) atoms. The van der Waals surface area contributed by atoms with Crippen LogP contribution < -0.4 is 4.74 Å². The quantitative estimate of drug-likeness (QED) is 0.796. The second-order valence-corrected chi connectivity index (χ2v) is 8.98. The van der Waals surface area contributed by atoms with Crippen molar-refractivity contribution in [2.45, 2.75) is 31.0 Å². The van der Waals surface area contributed by atoms with Crippen molar-refractivity contribution in [2.75, 3.05) is 19.9 Å². The minimum Gasteiger partial charge on any atom is -0.497 e. The average Bonchev–Trinajstić information content (AvgIpc) is 2.66. The molecule has 2 heterocycles. The molecule has 0 saturated carbocycles. The zero-order valence-corrected chi connectivity index (χ0v) is 17.5. The summed E-state index contributed by atoms with van der Waals surface area (Å²) in [5.41, 5.74) is 0.149. The highest BCUT2D eigenvalue weighted by molar-refractivity contribution is 7.90. The number of aliphatic hydroxyl groups is 1. The summed E-state index contributed by atoms with van der Waals surface area (Å²) >= 11 is 0. The Balaban J connectivity index is 1.99. The van der Waals surface area contributed by atoms with E-state index in [0.717, 1.165) is 17.6 Å². The van der Waals surface area contributed by atoms with Crippen molar-refractivity contribution >= 4 is 21.9 Å². The number of hydrogen-bond donors (Lipinski definition) is 1. The molecule has 2 aromatic rings. The van der Waals surface area contributed by atoms with Crippen LogP contribution in [0, 0.1) is 18.3 Å². The first-order valence-electron chi connectivity index (χ1n) is 8.91. The normalized spacial score (nSPS) is 18.3. The molecule has 0 bridgehead atoms. The summed E-state index contributed by atoms with van der Waals surface area (Å²) in [6.45, 7) is 3.63. The highest BCUT2D eigenvalue weighted by Crippen LogP contribution is 2.41. The lowest BCUT2D eigenvalue weighted by Gasteiger charge is -2.40. The van der Waals surface area contributed by atoms with Crippen LogP contribution in [0.5, 0.6) is 5.75 Å². The molecule has 1 aliphatic rings. The SMILES string of the molecule is COc1cccc(CCN2C=Nc3c(C#N)c(S(C)(=O)=O)nc(C)c3C2(C)O)c1. The first-order valence-corrected chi connectivity index (χ1v) is 10.8. The molecular weight excluding hydrogens is 392 g/mol. The fourth-order valence-corrected chi connectivity index (χ4v) is 4.28. The molecule has 3 rings (SSSR count). The van der Waals surface area contributed by atoms with Gasteiger partial charge in [-0.3, -0.25) is 0 Å². The number of aryl methyl sites for hydroxylation is 1. The lowest BCUT2D eigenvalue weighted by molar-refractivity contribution is -0.0583. The van der Waals surface area contributed by atoms with Crippen molar-refractivity contribution in [1.82, 2.24) is 9.88 Å². The number of nitriles is 1. The molecule has 152 valence electrons. The summed E-state index contributed by atoms with van der Waals surface area (Å²) in [6, 6.07) is 9.52. The number of benzene rings is 1. The van der Waals surface area contributed by atoms with Crippen molar-refractivity contribution in [3.8, 4) is 11.8 Å². The van der Waals surface area contributed by atoms with Crippen LogP contribution >= 0.6 is 0 Å². The molecule has 0 amide bonds. The van der Waals surface area contributed by atoms with E-state index < -0.39 is 15.6 Å². The van der Waals surface area contributed by atoms with Crippen LogP contribution in [-0.4, -0.2) is 49.7 Å². The number of ether oxygens (including phenoxy) is 1. The van der Waals surface area contributed by atoms with Crippen LogP contribution in [0.25, 0.3) is 0 Å². The molecule has 0 aliphatic carbocycles. The average molecular weight is 414 g/mol. The number of pyridine rings is 1. The van der Waals surface area contributed by atoms with Gasteiger partial charge in [0.15, 0.2) is 20.6 Å². The maximum atomic E-state index is 12.0. The van der Waals surface area contributed by atoms with E-state index in [1.165, 1.54) is 6.34 Å². The van der Waals surface area contributed by atoms with Crippen molar-refractivity contribution < 1.29 is 18.3 Å². The standard InChI is InChI=1S/C20H22N4O4S/c1-13-17-18(16(11-21)19(23-13)29(4,26)27)22-12-24(20(17,2)25)9-8-14-6-5-7-15(10-14)28-3/h5-7,10,12,25H,8-9H2,1-4H3. The number of hydrogen-bond acceptors (Lipinski definition) is 8. The smallest absolute Gasteiger partial charge is 0.194 e. The summed E-state index contributed by atoms with van der Waals surface area (Å²) in [6.07, 6.45) is 3.05. The predicted octanol–water partition coefficient (Wildman–Crippen LogP) is 2.06. The van der Waals surface area contributed by atoms with Crippen molar-refractivity contribution in [2.24, 2.45) is 4.99 Å². The third-order valence-corrected chi connectivity index (χ3v) is 5.91. The minimum atomic E-state index is -3.72. The highest BCUT2D eigenvalue weighted by Gasteiger charge is 2.39. The van der Waals surface area contributed by atoms with Gasteiger partial charge in [0, 0.05) is 18.5 Å². The van der Waals surface area contributed by atoms with Crippen molar-refractivity contribution in [3.05, 3.63) is 46.6 Å². The molecule has 1 aromatic heterocycles. The van der Waals surface area contributed by atoms with E-state index in [2.05, 4.69) is 9.98 Å². The highest BCUT2D eigenvalue weighted by atomic mass is 32.2. The van der Waals surface area contributed by atoms with E-state index in [1.807, 2.05) is 30.3 Å². The van der Waals surface area contributed by atoms with Gasteiger partial charge in [-0.2, -0.15) is 5.26 Å². The van der Waals surface area contributed by atoms with Gasteiger partial charge in [0.05, 0.1) is 24.7 Å². The van der Waals surface area contributed by atoms with Crippen LogP contribution in [0.2, 0.25) is 0 Å². The first kappa shape index (κ1) is 20.8. The summed E-state index contributed by atoms with van der Waals surface area (Å²) in [5, 5.41) is 20.5. The van der Waals surface area contributed by atoms with Gasteiger partial charge in [-0.15, -0.1) is 0 Å². The predicted molar refractivity (Wildman–Crippen MR) is 108 cm³/mol. The fourth-order valence-electron chi connectivity index (χ4n) is 3.46. The molecule has 0 saturated heterocycles. The molecule has 8 nitrogen and oxygen atoms in total. The Morgan fingerprint density at radius 1 is 1.38 bits per heavy atom. The lowest BCUT2D eigenvalue weighted by atomic mass is 9.95. The van der Waals surface area contributed by atoms with Crippen LogP contribution in [-0.2, 0) is 22.0 Å². The summed E-state index contributed by atoms with van der Waals surface area (Å²) in [5.74, 6) is 0.749. The molecule has 0 fully saturated rings. The number of rotatable bonds is 5. The summed E-state index contributed by atoms with van der Waals surface area (Å²) in [7, 11) is -2.12. The van der Waals surface area contributed by atoms with Gasteiger partial charge < -0.3 is 14.7 Å². The fraction of sp³-hybridized carbons (Fsp3) is 0.350. The topological polar surface area (TPSA) is 116 Å². The van der Waals surface area contributed by atoms with Crippen LogP contribution in [0.1, 0.15) is 29.3 Å². The third kappa shape index (κ3) is 3.81. The van der Waals surface area contributed by atoms with Gasteiger partial charge in [0.1, 0.15) is 17.4 Å². The number of methoxy groups -OCH3 is 1. The van der Waals surface area contributed by atoms with Gasteiger partial charge in [0.2, 0.25) is 0 Å². The molecule has 0 radical (unpaired) electrons. The lowest BCUT2D eigenvalue weighted by Crippen LogP contribution is -2.46. The maximum Gasteiger partial charge on any atom is 0.194 e. The number of nitrogens with zero attached hydrogens (tertiary/aromatic N) is 4. The number of sulfone groups is 1. The number of aromatic nitrogens is 1. The molecule has 9 heteroatoms. The molecule has 1 atom stereocenters. The van der Waals surface area contributed by atoms with E-state index in [0.29, 0.717) is 24.2 Å². The van der Waals surface area contributed by atoms with E-state index in [4.69, 9.17) is 4.74 Å². The Bertz CT molecular complexity index is 1130. The van der Waals surface area contributed by atoms with E-state index in [1.54, 1.807) is 25.9 Å². The first-order chi connectivity index (χ1) is 13.6. The van der Waals surface area contributed by atoms with E-state index >= 15 is 0 Å². The Kier molecular flexibility index (Phi) is 5.34. The number of fused-ring (bicyclic) bond motifs is 1. The van der Waals surface area contributed by atoms with Gasteiger partial charge >= 0.3 is 0 Å². The van der Waals surface area contributed by atoms with Crippen LogP contribution in [0.3, 0.4) is 0 Å². The van der Waals surface area contributed by atoms with Crippen LogP contribution in [0.15, 0.2) is 34.3 Å². The Morgan fingerprint density at radius 2 is 2.10 bits per heavy atom. The molecular formula is C20H22N4O4S. The van der Waals surface area contributed by atoms with Crippen LogP contribution in [0.4, 0.5) is 5.69 Å². The summed E-state index contributed by atoms with van der Waals surface area (Å²) in [4.78, 5) is 10.1. The zero-order chi connectivity index (χ0) is 21.4. The molecule has 0 spiro atoms. The summed E-state index contributed by atoms with van der Waals surface area (Å²) < 4.78 is 29.3. The molecule has 1 unspecified atom stereocenters. The Labute approximate surface area is 170 Å². The van der Waals surface area contributed by atoms with E-state index in [9.17, 15) is 18.8 Å². The largest absolute Gasteiger partial charge is 0.497 e. The molecule has 1 N–H and O–H groups in total. The molecule has 1 aliphatic heterocycles. The monoisotopic (exact) mass is 414 g/mol. The van der Waals surface area contributed by atoms with Crippen molar-refractivity contribution in [1.29, 1.82) is 5.26 Å². The zero-order valence-electron chi connectivity index (χ0n) is 16.7. The van der Waals surface area contributed by atoms with Gasteiger partial charge in [-0.25, -0.2) is 18.4 Å². The maximum absolute atomic E-state index is 12.0. The second kappa shape index (κ2) is 7.46. The van der Waals surface area contributed by atoms with Gasteiger partial charge in [-0.05, 0) is 38.0 Å². The van der Waals surface area contributed by atoms with Gasteiger partial charge in [0.25, 0.3) is 0 Å². The minimum absolute atomic E-state index is 0.142. The third-order valence-electron chi connectivity index (χ3n) is 4.92. The van der Waals surface area contributed by atoms with E-state index in [-0.39, 0.29) is 16.3 Å². The van der Waals surface area contributed by atoms with Crippen molar-refractivity contribution in [3.63, 3.8) is 0 Å². The van der Waals surface area contributed by atoms with Gasteiger partial charge in [-0.1, -0.05) is 12.1 Å². The Hall–Kier alpha value is -2.96.